The number of rotatable bonds is 3. The molecule has 3 fully saturated rings. The molecule has 0 unspecified atom stereocenters. The van der Waals surface area contributed by atoms with Crippen LogP contribution in [0.15, 0.2) is 94.7 Å². The van der Waals surface area contributed by atoms with Crippen molar-refractivity contribution in [3.05, 3.63) is 110 Å². The van der Waals surface area contributed by atoms with Crippen molar-refractivity contribution in [2.45, 2.75) is 22.6 Å². The van der Waals surface area contributed by atoms with Gasteiger partial charge < -0.3 is 0 Å². The Labute approximate surface area is 238 Å². The Kier molecular flexibility index (Phi) is 5.28. The average molecular weight is 571 g/mol. The molecule has 0 radical (unpaired) electrons. The van der Waals surface area contributed by atoms with Gasteiger partial charge in [-0.15, -0.1) is 11.8 Å². The van der Waals surface area contributed by atoms with Gasteiger partial charge in [0.25, 0.3) is 0 Å². The maximum absolute atomic E-state index is 13.9. The van der Waals surface area contributed by atoms with Crippen LogP contribution >= 0.6 is 34.7 Å². The normalized spacial score (nSPS) is 30.4. The topological polar surface area (TPSA) is 59.4 Å². The second-order valence-electron chi connectivity index (χ2n) is 10.9. The third kappa shape index (κ3) is 3.30. The monoisotopic (exact) mass is 570 g/mol. The van der Waals surface area contributed by atoms with Gasteiger partial charge in [-0.25, -0.2) is 0 Å². The second kappa shape index (κ2) is 8.68. The SMILES string of the molecule is O=C1[C@@H]2[C@H]3C[C@@H]([C@@H]2C(=O)N1c1ccc(Cl)cc1)[C@@H]1[C@H](c2ccccc2)c2sc(=O)n(-c4ccccc4)c2S[C@@H]31. The summed E-state index contributed by atoms with van der Waals surface area (Å²) in [5, 5.41) is 1.71. The highest BCUT2D eigenvalue weighted by Gasteiger charge is 2.69. The number of benzene rings is 3. The molecule has 39 heavy (non-hydrogen) atoms. The van der Waals surface area contributed by atoms with E-state index in [4.69, 9.17) is 11.6 Å². The Bertz CT molecular complexity index is 1680. The van der Waals surface area contributed by atoms with E-state index < -0.39 is 0 Å². The summed E-state index contributed by atoms with van der Waals surface area (Å²) in [7, 11) is 0. The second-order valence-corrected chi connectivity index (χ2v) is 13.5. The first kappa shape index (κ1) is 23.7. The Morgan fingerprint density at radius 2 is 1.38 bits per heavy atom. The van der Waals surface area contributed by atoms with Crippen molar-refractivity contribution in [3.8, 4) is 5.69 Å². The summed E-state index contributed by atoms with van der Waals surface area (Å²) in [6, 6.07) is 27.1. The number of nitrogens with zero attached hydrogens (tertiary/aromatic N) is 2. The molecule has 194 valence electrons. The molecule has 0 spiro atoms. The number of hydrogen-bond acceptors (Lipinski definition) is 5. The Morgan fingerprint density at radius 3 is 2.08 bits per heavy atom. The van der Waals surface area contributed by atoms with Crippen molar-refractivity contribution in [2.24, 2.45) is 29.6 Å². The van der Waals surface area contributed by atoms with Gasteiger partial charge in [0.1, 0.15) is 0 Å². The summed E-state index contributed by atoms with van der Waals surface area (Å²) in [5.41, 5.74) is 2.63. The number of carbonyl (C=O) groups excluding carboxylic acids is 2. The highest BCUT2D eigenvalue weighted by atomic mass is 35.5. The first-order valence-electron chi connectivity index (χ1n) is 13.2. The Morgan fingerprint density at radius 1 is 0.744 bits per heavy atom. The van der Waals surface area contributed by atoms with Crippen LogP contribution in [0.1, 0.15) is 22.8 Å². The van der Waals surface area contributed by atoms with Crippen molar-refractivity contribution in [1.29, 1.82) is 0 Å². The number of imide groups is 1. The summed E-state index contributed by atoms with van der Waals surface area (Å²) in [5.74, 6) is -0.447. The van der Waals surface area contributed by atoms with E-state index in [1.165, 1.54) is 21.8 Å². The van der Waals surface area contributed by atoms with Crippen molar-refractivity contribution in [2.75, 3.05) is 4.90 Å². The fourth-order valence-corrected chi connectivity index (χ4v) is 11.0. The average Bonchev–Trinajstić information content (AvgIpc) is 3.68. The molecule has 3 aromatic carbocycles. The summed E-state index contributed by atoms with van der Waals surface area (Å²) in [4.78, 5) is 43.7. The first-order chi connectivity index (χ1) is 19.0. The Hall–Kier alpha value is -3.13. The minimum atomic E-state index is -0.319. The van der Waals surface area contributed by atoms with E-state index in [1.807, 2.05) is 53.1 Å². The molecule has 2 amide bonds. The minimum absolute atomic E-state index is 0.00760. The van der Waals surface area contributed by atoms with E-state index in [1.54, 1.807) is 36.0 Å². The summed E-state index contributed by atoms with van der Waals surface area (Å²) < 4.78 is 1.85. The first-order valence-corrected chi connectivity index (χ1v) is 15.3. The van der Waals surface area contributed by atoms with Gasteiger partial charge in [0.05, 0.1) is 28.2 Å². The van der Waals surface area contributed by atoms with Gasteiger partial charge in [-0.2, -0.15) is 0 Å². The number of fused-ring (bicyclic) bond motifs is 9. The highest BCUT2D eigenvalue weighted by molar-refractivity contribution is 8.00. The number of thiazole rings is 1. The molecule has 8 heteroatoms. The molecule has 2 saturated carbocycles. The predicted octanol–water partition coefficient (Wildman–Crippen LogP) is 6.23. The highest BCUT2D eigenvalue weighted by Crippen LogP contribution is 2.69. The van der Waals surface area contributed by atoms with E-state index in [0.717, 1.165) is 22.0 Å². The van der Waals surface area contributed by atoms with Crippen LogP contribution in [0.3, 0.4) is 0 Å². The zero-order valence-electron chi connectivity index (χ0n) is 20.6. The summed E-state index contributed by atoms with van der Waals surface area (Å²) in [6.45, 7) is 0. The smallest absolute Gasteiger partial charge is 0.274 e. The number of amides is 2. The van der Waals surface area contributed by atoms with Gasteiger partial charge in [0, 0.05) is 21.1 Å². The van der Waals surface area contributed by atoms with E-state index in [0.29, 0.717) is 10.7 Å². The van der Waals surface area contributed by atoms with Crippen LogP contribution in [0.4, 0.5) is 5.69 Å². The third-order valence-corrected chi connectivity index (χ3v) is 12.1. The van der Waals surface area contributed by atoms with E-state index >= 15 is 0 Å². The lowest BCUT2D eigenvalue weighted by Crippen LogP contribution is -2.43. The van der Waals surface area contributed by atoms with Gasteiger partial charge >= 0.3 is 4.87 Å². The predicted molar refractivity (Wildman–Crippen MR) is 154 cm³/mol. The molecule has 5 nitrogen and oxygen atoms in total. The van der Waals surface area contributed by atoms with Gasteiger partial charge in [0.15, 0.2) is 0 Å². The van der Waals surface area contributed by atoms with E-state index in [-0.39, 0.29) is 57.4 Å². The van der Waals surface area contributed by atoms with Gasteiger partial charge in [-0.3, -0.25) is 23.9 Å². The van der Waals surface area contributed by atoms with Crippen LogP contribution in [0.2, 0.25) is 5.02 Å². The van der Waals surface area contributed by atoms with Crippen molar-refractivity contribution in [1.82, 2.24) is 4.57 Å². The largest absolute Gasteiger partial charge is 0.312 e. The lowest BCUT2D eigenvalue weighted by molar-refractivity contribution is -0.123. The van der Waals surface area contributed by atoms with E-state index in [2.05, 4.69) is 12.1 Å². The summed E-state index contributed by atoms with van der Waals surface area (Å²) >= 11 is 9.17. The molecule has 8 rings (SSSR count). The lowest BCUT2D eigenvalue weighted by atomic mass is 9.68. The molecule has 4 aromatic rings. The number of halogens is 1. The molecular formula is C31H23ClN2O3S2. The number of anilines is 1. The van der Waals surface area contributed by atoms with Gasteiger partial charge in [-0.05, 0) is 66.1 Å². The molecule has 0 N–H and O–H groups in total. The van der Waals surface area contributed by atoms with Crippen molar-refractivity contribution < 1.29 is 9.59 Å². The molecule has 2 bridgehead atoms. The quantitative estimate of drug-likeness (QED) is 0.274. The molecule has 2 aliphatic heterocycles. The van der Waals surface area contributed by atoms with E-state index in [9.17, 15) is 14.4 Å². The van der Waals surface area contributed by atoms with Crippen LogP contribution < -0.4 is 9.77 Å². The zero-order chi connectivity index (χ0) is 26.4. The number of aromatic nitrogens is 1. The molecule has 4 aliphatic rings. The van der Waals surface area contributed by atoms with Crippen molar-refractivity contribution in [3.63, 3.8) is 0 Å². The fourth-order valence-electron chi connectivity index (χ4n) is 7.75. The third-order valence-electron chi connectivity index (χ3n) is 9.13. The number of thioether (sulfide) groups is 1. The van der Waals surface area contributed by atoms with Crippen LogP contribution in [0.5, 0.6) is 0 Å². The van der Waals surface area contributed by atoms with Gasteiger partial charge in [0.2, 0.25) is 11.8 Å². The zero-order valence-corrected chi connectivity index (χ0v) is 23.0. The molecule has 2 aliphatic carbocycles. The number of carbonyl (C=O) groups is 2. The van der Waals surface area contributed by atoms with Gasteiger partial charge in [-0.1, -0.05) is 71.5 Å². The lowest BCUT2D eigenvalue weighted by Gasteiger charge is -2.43. The Balaban J connectivity index is 1.26. The molecular weight excluding hydrogens is 548 g/mol. The molecule has 3 heterocycles. The number of para-hydroxylation sites is 1. The number of hydrogen-bond donors (Lipinski definition) is 0. The minimum Gasteiger partial charge on any atom is -0.274 e. The van der Waals surface area contributed by atoms with Crippen LogP contribution in [-0.2, 0) is 9.59 Å². The standard InChI is InChI=1S/C31H23ClN2O3S2/c32-17-11-13-19(14-12-17)33-28(35)24-20-15-21(25(24)29(33)36)26-23(20)22(16-7-3-1-4-8-16)27-30(38-26)34(31(37)39-27)18-9-5-2-6-10-18/h1-14,20-26H,15H2/t20-,21-,22+,23-,24+,25-,26+/m1/s1. The van der Waals surface area contributed by atoms with Crippen LogP contribution in [0, 0.1) is 29.6 Å². The van der Waals surface area contributed by atoms with Crippen LogP contribution in [0.25, 0.3) is 5.69 Å². The molecule has 1 aromatic heterocycles. The van der Waals surface area contributed by atoms with Crippen molar-refractivity contribution >= 4 is 52.2 Å². The maximum atomic E-state index is 13.9. The maximum Gasteiger partial charge on any atom is 0.312 e. The molecule has 7 atom stereocenters. The molecule has 1 saturated heterocycles. The summed E-state index contributed by atoms with van der Waals surface area (Å²) in [6.07, 6.45) is 0.872. The fraction of sp³-hybridized carbons (Fsp3) is 0.258. The van der Waals surface area contributed by atoms with Crippen LogP contribution in [-0.4, -0.2) is 21.6 Å².